The van der Waals surface area contributed by atoms with Gasteiger partial charge >= 0.3 is 0 Å². The van der Waals surface area contributed by atoms with E-state index in [0.29, 0.717) is 10.7 Å². The van der Waals surface area contributed by atoms with Crippen LogP contribution < -0.4 is 10.6 Å². The molecule has 1 fully saturated rings. The van der Waals surface area contributed by atoms with Gasteiger partial charge in [0.15, 0.2) is 5.13 Å². The Morgan fingerprint density at radius 3 is 2.71 bits per heavy atom. The predicted molar refractivity (Wildman–Crippen MR) is 89.1 cm³/mol. The summed E-state index contributed by atoms with van der Waals surface area (Å²) >= 11 is 1.44. The Morgan fingerprint density at radius 2 is 2.10 bits per heavy atom. The number of amides is 1. The van der Waals surface area contributed by atoms with Crippen LogP contribution in [0, 0.1) is 0 Å². The Balaban J connectivity index is 2.12. The Hall–Kier alpha value is -1.30. The Morgan fingerprint density at radius 1 is 1.43 bits per heavy atom. The third-order valence-corrected chi connectivity index (χ3v) is 5.27. The molecule has 0 bridgehead atoms. The number of carbonyl (C=O) groups excluding carboxylic acids is 1. The van der Waals surface area contributed by atoms with Gasteiger partial charge in [0, 0.05) is 26.2 Å². The largest absolute Gasteiger partial charge is 0.382 e. The van der Waals surface area contributed by atoms with Gasteiger partial charge in [-0.1, -0.05) is 24.7 Å². The lowest BCUT2D eigenvalue weighted by Crippen LogP contribution is -2.34. The van der Waals surface area contributed by atoms with Crippen molar-refractivity contribution in [2.24, 2.45) is 0 Å². The number of rotatable bonds is 5. The molecule has 0 saturated carbocycles. The molecule has 1 aliphatic heterocycles. The average Bonchev–Trinajstić information content (AvgIpc) is 2.89. The van der Waals surface area contributed by atoms with E-state index in [-0.39, 0.29) is 11.9 Å². The Labute approximate surface area is 131 Å². The second-order valence-corrected chi connectivity index (χ2v) is 6.79. The van der Waals surface area contributed by atoms with E-state index in [2.05, 4.69) is 23.7 Å². The number of carbonyl (C=O) groups is 1. The fourth-order valence-corrected chi connectivity index (χ4v) is 3.69. The molecular weight excluding hydrogens is 284 g/mol. The van der Waals surface area contributed by atoms with E-state index >= 15 is 0 Å². The summed E-state index contributed by atoms with van der Waals surface area (Å²) in [5.41, 5.74) is 5.99. The van der Waals surface area contributed by atoms with Crippen LogP contribution in [0.15, 0.2) is 0 Å². The summed E-state index contributed by atoms with van der Waals surface area (Å²) in [7, 11) is 1.85. The van der Waals surface area contributed by atoms with Crippen molar-refractivity contribution in [3.8, 4) is 0 Å². The highest BCUT2D eigenvalue weighted by molar-refractivity contribution is 7.18. The SMILES string of the molecule is CCCC(C)N(C)C(=O)c1sc(N2CCCCC2)nc1N. The van der Waals surface area contributed by atoms with E-state index in [1.165, 1.54) is 30.6 Å². The van der Waals surface area contributed by atoms with E-state index in [1.54, 1.807) is 4.90 Å². The van der Waals surface area contributed by atoms with Gasteiger partial charge in [-0.3, -0.25) is 4.79 Å². The molecule has 21 heavy (non-hydrogen) atoms. The van der Waals surface area contributed by atoms with Crippen molar-refractivity contribution in [3.05, 3.63) is 4.88 Å². The monoisotopic (exact) mass is 310 g/mol. The maximum atomic E-state index is 12.6. The Bertz CT molecular complexity index is 482. The Kier molecular flexibility index (Phi) is 5.45. The van der Waals surface area contributed by atoms with E-state index in [4.69, 9.17) is 5.73 Å². The van der Waals surface area contributed by atoms with Crippen molar-refractivity contribution >= 4 is 28.2 Å². The molecule has 1 aliphatic rings. The van der Waals surface area contributed by atoms with Crippen LogP contribution in [0.4, 0.5) is 10.9 Å². The van der Waals surface area contributed by atoms with E-state index in [9.17, 15) is 4.79 Å². The topological polar surface area (TPSA) is 62.5 Å². The summed E-state index contributed by atoms with van der Waals surface area (Å²) < 4.78 is 0. The molecule has 0 radical (unpaired) electrons. The molecular formula is C15H26N4OS. The van der Waals surface area contributed by atoms with Crippen LogP contribution in [-0.2, 0) is 0 Å². The highest BCUT2D eigenvalue weighted by Crippen LogP contribution is 2.31. The summed E-state index contributed by atoms with van der Waals surface area (Å²) in [6, 6.07) is 0.224. The van der Waals surface area contributed by atoms with Crippen LogP contribution in [0.1, 0.15) is 55.6 Å². The molecule has 0 aliphatic carbocycles. The lowest BCUT2D eigenvalue weighted by Gasteiger charge is -2.26. The van der Waals surface area contributed by atoms with Gasteiger partial charge in [0.25, 0.3) is 5.91 Å². The number of piperidine rings is 1. The molecule has 1 saturated heterocycles. The number of thiazole rings is 1. The lowest BCUT2D eigenvalue weighted by molar-refractivity contribution is 0.0742. The first-order valence-corrected chi connectivity index (χ1v) is 8.64. The molecule has 2 rings (SSSR count). The highest BCUT2D eigenvalue weighted by atomic mass is 32.1. The third kappa shape index (κ3) is 3.67. The number of hydrogen-bond donors (Lipinski definition) is 1. The number of anilines is 2. The van der Waals surface area contributed by atoms with Crippen LogP contribution in [-0.4, -0.2) is 42.0 Å². The van der Waals surface area contributed by atoms with Crippen molar-refractivity contribution in [2.45, 2.75) is 52.0 Å². The van der Waals surface area contributed by atoms with Gasteiger partial charge in [-0.05, 0) is 32.6 Å². The maximum Gasteiger partial charge on any atom is 0.267 e. The highest BCUT2D eigenvalue weighted by Gasteiger charge is 2.24. The van der Waals surface area contributed by atoms with E-state index in [1.807, 2.05) is 7.05 Å². The molecule has 2 N–H and O–H groups in total. The second-order valence-electron chi connectivity index (χ2n) is 5.81. The molecule has 1 aromatic heterocycles. The molecule has 0 aromatic carbocycles. The molecule has 1 unspecified atom stereocenters. The summed E-state index contributed by atoms with van der Waals surface area (Å²) in [4.78, 5) is 21.6. The van der Waals surface area contributed by atoms with Crippen LogP contribution in [0.2, 0.25) is 0 Å². The van der Waals surface area contributed by atoms with Gasteiger partial charge in [-0.2, -0.15) is 0 Å². The smallest absolute Gasteiger partial charge is 0.267 e. The minimum atomic E-state index is -0.00536. The first-order chi connectivity index (χ1) is 10.0. The average molecular weight is 310 g/mol. The van der Waals surface area contributed by atoms with Crippen molar-refractivity contribution < 1.29 is 4.79 Å². The molecule has 1 aromatic rings. The van der Waals surface area contributed by atoms with Crippen molar-refractivity contribution in [3.63, 3.8) is 0 Å². The fourth-order valence-electron chi connectivity index (χ4n) is 2.67. The number of nitrogen functional groups attached to an aromatic ring is 1. The normalized spacial score (nSPS) is 16.8. The van der Waals surface area contributed by atoms with Crippen LogP contribution in [0.25, 0.3) is 0 Å². The maximum absolute atomic E-state index is 12.6. The van der Waals surface area contributed by atoms with Gasteiger partial charge in [-0.15, -0.1) is 0 Å². The van der Waals surface area contributed by atoms with Crippen molar-refractivity contribution in [1.29, 1.82) is 0 Å². The molecule has 1 amide bonds. The number of aromatic nitrogens is 1. The molecule has 5 nitrogen and oxygen atoms in total. The van der Waals surface area contributed by atoms with Crippen molar-refractivity contribution in [2.75, 3.05) is 30.8 Å². The zero-order chi connectivity index (χ0) is 15.4. The van der Waals surface area contributed by atoms with Crippen LogP contribution >= 0.6 is 11.3 Å². The minimum absolute atomic E-state index is 0.00536. The van der Waals surface area contributed by atoms with Gasteiger partial charge in [0.05, 0.1) is 0 Å². The van der Waals surface area contributed by atoms with Gasteiger partial charge in [0.1, 0.15) is 10.7 Å². The number of nitrogens with zero attached hydrogens (tertiary/aromatic N) is 3. The molecule has 2 heterocycles. The van der Waals surface area contributed by atoms with Gasteiger partial charge < -0.3 is 15.5 Å². The molecule has 1 atom stereocenters. The molecule has 0 spiro atoms. The summed E-state index contributed by atoms with van der Waals surface area (Å²) in [6.07, 6.45) is 5.72. The first kappa shape index (κ1) is 16.1. The van der Waals surface area contributed by atoms with Crippen molar-refractivity contribution in [1.82, 2.24) is 9.88 Å². The standard InChI is InChI=1S/C15H26N4OS/c1-4-8-11(2)18(3)14(20)12-13(16)17-15(21-12)19-9-6-5-7-10-19/h11H,4-10,16H2,1-3H3. The molecule has 6 heteroatoms. The summed E-state index contributed by atoms with van der Waals surface area (Å²) in [6.45, 7) is 6.24. The summed E-state index contributed by atoms with van der Waals surface area (Å²) in [5.74, 6) is 0.371. The number of nitrogens with two attached hydrogens (primary N) is 1. The second kappa shape index (κ2) is 7.11. The van der Waals surface area contributed by atoms with Gasteiger partial charge in [0.2, 0.25) is 0 Å². The number of hydrogen-bond acceptors (Lipinski definition) is 5. The van der Waals surface area contributed by atoms with E-state index in [0.717, 1.165) is 31.1 Å². The zero-order valence-electron chi connectivity index (χ0n) is 13.3. The summed E-state index contributed by atoms with van der Waals surface area (Å²) in [5, 5.41) is 0.895. The molecule has 118 valence electrons. The first-order valence-electron chi connectivity index (χ1n) is 7.83. The quantitative estimate of drug-likeness (QED) is 0.908. The van der Waals surface area contributed by atoms with Crippen LogP contribution in [0.5, 0.6) is 0 Å². The van der Waals surface area contributed by atoms with Gasteiger partial charge in [-0.25, -0.2) is 4.98 Å². The third-order valence-electron chi connectivity index (χ3n) is 4.15. The van der Waals surface area contributed by atoms with Crippen LogP contribution in [0.3, 0.4) is 0 Å². The fraction of sp³-hybridized carbons (Fsp3) is 0.733. The lowest BCUT2D eigenvalue weighted by atomic mass is 10.1. The predicted octanol–water partition coefficient (Wildman–Crippen LogP) is 2.98. The van der Waals surface area contributed by atoms with E-state index < -0.39 is 0 Å². The minimum Gasteiger partial charge on any atom is -0.382 e. The zero-order valence-corrected chi connectivity index (χ0v) is 14.1.